The lowest BCUT2D eigenvalue weighted by Gasteiger charge is -2.18. The lowest BCUT2D eigenvalue weighted by atomic mass is 10.1. The third-order valence-corrected chi connectivity index (χ3v) is 3.75. The van der Waals surface area contributed by atoms with E-state index >= 15 is 0 Å². The molecule has 0 aliphatic carbocycles. The van der Waals surface area contributed by atoms with Crippen molar-refractivity contribution in [1.29, 1.82) is 0 Å². The number of rotatable bonds is 4. The molecule has 0 saturated carbocycles. The number of halogens is 2. The van der Waals surface area contributed by atoms with Crippen LogP contribution in [-0.2, 0) is 11.3 Å². The van der Waals surface area contributed by atoms with Gasteiger partial charge in [0.15, 0.2) is 0 Å². The highest BCUT2D eigenvalue weighted by Gasteiger charge is 2.20. The summed E-state index contributed by atoms with van der Waals surface area (Å²) in [5, 5.41) is 10.1. The van der Waals surface area contributed by atoms with Gasteiger partial charge in [-0.05, 0) is 52.7 Å². The molecule has 7 heteroatoms. The zero-order chi connectivity index (χ0) is 17.0. The van der Waals surface area contributed by atoms with Crippen LogP contribution >= 0.6 is 15.9 Å². The number of amides is 1. The van der Waals surface area contributed by atoms with Gasteiger partial charge in [-0.2, -0.15) is 5.06 Å². The molecule has 2 rings (SSSR count). The lowest BCUT2D eigenvalue weighted by molar-refractivity contribution is 0.140. The summed E-state index contributed by atoms with van der Waals surface area (Å²) in [6.07, 6.45) is -1.02. The number of ether oxygens (including phenoxy) is 2. The van der Waals surface area contributed by atoms with Crippen LogP contribution in [0.1, 0.15) is 11.1 Å². The number of hydrogen-bond acceptors (Lipinski definition) is 4. The van der Waals surface area contributed by atoms with Crippen molar-refractivity contribution in [3.05, 3.63) is 57.8 Å². The van der Waals surface area contributed by atoms with Crippen molar-refractivity contribution in [2.75, 3.05) is 12.2 Å². The number of aryl methyl sites for hydroxylation is 1. The molecule has 1 N–H and O–H groups in total. The predicted octanol–water partition coefficient (Wildman–Crippen LogP) is 4.44. The van der Waals surface area contributed by atoms with Crippen LogP contribution in [0.2, 0.25) is 0 Å². The average Bonchev–Trinajstić information content (AvgIpc) is 2.53. The predicted molar refractivity (Wildman–Crippen MR) is 86.3 cm³/mol. The maximum atomic E-state index is 14.1. The number of benzene rings is 2. The molecule has 2 aromatic rings. The quantitative estimate of drug-likeness (QED) is 0.626. The molecule has 0 saturated heterocycles. The van der Waals surface area contributed by atoms with Crippen molar-refractivity contribution in [2.24, 2.45) is 0 Å². The van der Waals surface area contributed by atoms with E-state index in [9.17, 15) is 14.4 Å². The third kappa shape index (κ3) is 4.00. The Morgan fingerprint density at radius 1 is 1.35 bits per heavy atom. The van der Waals surface area contributed by atoms with Crippen molar-refractivity contribution in [1.82, 2.24) is 0 Å². The summed E-state index contributed by atoms with van der Waals surface area (Å²) in [7, 11) is 1.12. The first kappa shape index (κ1) is 17.2. The highest BCUT2D eigenvalue weighted by molar-refractivity contribution is 9.10. The van der Waals surface area contributed by atoms with E-state index in [2.05, 4.69) is 20.7 Å². The Morgan fingerprint density at radius 2 is 2.09 bits per heavy atom. The average molecular weight is 384 g/mol. The molecule has 0 atom stereocenters. The molecule has 2 aromatic carbocycles. The zero-order valence-corrected chi connectivity index (χ0v) is 14.1. The summed E-state index contributed by atoms with van der Waals surface area (Å²) < 4.78 is 24.8. The van der Waals surface area contributed by atoms with Gasteiger partial charge >= 0.3 is 6.09 Å². The monoisotopic (exact) mass is 383 g/mol. The number of hydroxylamine groups is 1. The van der Waals surface area contributed by atoms with Crippen molar-refractivity contribution in [3.8, 4) is 5.75 Å². The minimum Gasteiger partial charge on any atom is -0.488 e. The first-order valence-corrected chi connectivity index (χ1v) is 7.46. The lowest BCUT2D eigenvalue weighted by Crippen LogP contribution is -2.28. The van der Waals surface area contributed by atoms with Crippen molar-refractivity contribution in [2.45, 2.75) is 13.5 Å². The minimum absolute atomic E-state index is 0.0351. The van der Waals surface area contributed by atoms with Gasteiger partial charge in [-0.1, -0.05) is 12.1 Å². The highest BCUT2D eigenvalue weighted by atomic mass is 79.9. The maximum Gasteiger partial charge on any atom is 0.438 e. The minimum atomic E-state index is -1.02. The van der Waals surface area contributed by atoms with Gasteiger partial charge in [0.25, 0.3) is 0 Å². The second-order valence-electron chi connectivity index (χ2n) is 4.74. The summed E-state index contributed by atoms with van der Waals surface area (Å²) in [4.78, 5) is 11.4. The molecule has 0 unspecified atom stereocenters. The summed E-state index contributed by atoms with van der Waals surface area (Å²) in [6.45, 7) is 1.77. The van der Waals surface area contributed by atoms with E-state index in [4.69, 9.17) is 4.74 Å². The largest absolute Gasteiger partial charge is 0.488 e. The topological polar surface area (TPSA) is 59.0 Å². The van der Waals surface area contributed by atoms with Gasteiger partial charge in [-0.3, -0.25) is 5.21 Å². The van der Waals surface area contributed by atoms with Crippen LogP contribution in [0, 0.1) is 12.7 Å². The van der Waals surface area contributed by atoms with Gasteiger partial charge in [0, 0.05) is 0 Å². The van der Waals surface area contributed by atoms with E-state index in [1.165, 1.54) is 18.2 Å². The maximum absolute atomic E-state index is 14.1. The van der Waals surface area contributed by atoms with Gasteiger partial charge < -0.3 is 9.47 Å². The first-order valence-electron chi connectivity index (χ1n) is 6.67. The Labute approximate surface area is 141 Å². The number of anilines is 1. The fourth-order valence-corrected chi connectivity index (χ4v) is 2.55. The standard InChI is InChI=1S/C16H15BrFNO4/c1-10-6-7-15(12(17)8-10)23-9-11-13(18)4-3-5-14(11)19(21)16(20)22-2/h3-8,21H,9H2,1-2H3. The first-order chi connectivity index (χ1) is 10.9. The van der Waals surface area contributed by atoms with Crippen LogP contribution < -0.4 is 9.80 Å². The summed E-state index contributed by atoms with van der Waals surface area (Å²) in [5.41, 5.74) is 1.04. The van der Waals surface area contributed by atoms with E-state index in [-0.39, 0.29) is 22.9 Å². The fourth-order valence-electron chi connectivity index (χ4n) is 1.95. The van der Waals surface area contributed by atoms with Crippen LogP contribution in [0.5, 0.6) is 5.75 Å². The van der Waals surface area contributed by atoms with Crippen LogP contribution in [0.15, 0.2) is 40.9 Å². The highest BCUT2D eigenvalue weighted by Crippen LogP contribution is 2.29. The zero-order valence-electron chi connectivity index (χ0n) is 12.5. The Hall–Kier alpha value is -2.12. The molecular formula is C16H15BrFNO4. The van der Waals surface area contributed by atoms with E-state index in [0.717, 1.165) is 17.1 Å². The van der Waals surface area contributed by atoms with Gasteiger partial charge in [-0.25, -0.2) is 9.18 Å². The Balaban J connectivity index is 2.27. The molecule has 0 aromatic heterocycles. The molecule has 5 nitrogen and oxygen atoms in total. The molecule has 23 heavy (non-hydrogen) atoms. The van der Waals surface area contributed by atoms with Crippen molar-refractivity contribution < 1.29 is 23.9 Å². The smallest absolute Gasteiger partial charge is 0.438 e. The number of nitrogens with zero attached hydrogens (tertiary/aromatic N) is 1. The van der Waals surface area contributed by atoms with E-state index < -0.39 is 11.9 Å². The number of hydrogen-bond donors (Lipinski definition) is 1. The third-order valence-electron chi connectivity index (χ3n) is 3.13. The molecule has 122 valence electrons. The van der Waals surface area contributed by atoms with Crippen LogP contribution in [0.3, 0.4) is 0 Å². The summed E-state index contributed by atoms with van der Waals surface area (Å²) >= 11 is 3.37. The Kier molecular flexibility index (Phi) is 5.57. The van der Waals surface area contributed by atoms with Crippen molar-refractivity contribution >= 4 is 27.7 Å². The molecule has 1 amide bonds. The number of carbonyl (C=O) groups is 1. The molecule has 0 heterocycles. The molecule has 0 radical (unpaired) electrons. The molecule has 0 bridgehead atoms. The summed E-state index contributed by atoms with van der Waals surface area (Å²) in [5.74, 6) is -0.0824. The van der Waals surface area contributed by atoms with Crippen LogP contribution in [0.25, 0.3) is 0 Å². The van der Waals surface area contributed by atoms with Gasteiger partial charge in [0.05, 0.1) is 22.8 Å². The van der Waals surface area contributed by atoms with Crippen molar-refractivity contribution in [3.63, 3.8) is 0 Å². The molecule has 0 aliphatic heterocycles. The Bertz CT molecular complexity index is 723. The molecule has 0 aliphatic rings. The van der Waals surface area contributed by atoms with E-state index in [1.807, 2.05) is 19.1 Å². The molecule has 0 spiro atoms. The second-order valence-corrected chi connectivity index (χ2v) is 5.60. The SMILES string of the molecule is COC(=O)N(O)c1cccc(F)c1COc1ccc(C)cc1Br. The second kappa shape index (κ2) is 7.43. The van der Waals surface area contributed by atoms with Crippen LogP contribution in [0.4, 0.5) is 14.9 Å². The normalized spacial score (nSPS) is 10.3. The fraction of sp³-hybridized carbons (Fsp3) is 0.188. The van der Waals surface area contributed by atoms with E-state index in [1.54, 1.807) is 6.07 Å². The van der Waals surface area contributed by atoms with Gasteiger partial charge in [0.1, 0.15) is 18.2 Å². The Morgan fingerprint density at radius 3 is 2.74 bits per heavy atom. The van der Waals surface area contributed by atoms with Gasteiger partial charge in [0.2, 0.25) is 0 Å². The van der Waals surface area contributed by atoms with Gasteiger partial charge in [-0.15, -0.1) is 0 Å². The molecule has 0 fully saturated rings. The summed E-state index contributed by atoms with van der Waals surface area (Å²) in [6, 6.07) is 9.46. The van der Waals surface area contributed by atoms with Crippen LogP contribution in [-0.4, -0.2) is 18.4 Å². The molecular weight excluding hydrogens is 369 g/mol. The number of methoxy groups -OCH3 is 1. The number of carbonyl (C=O) groups excluding carboxylic acids is 1. The van der Waals surface area contributed by atoms with E-state index in [0.29, 0.717) is 5.75 Å².